The molecule has 4 rings (SSSR count). The molecule has 0 N–H and O–H groups in total. The zero-order chi connectivity index (χ0) is 21.5. The monoisotopic (exact) mass is 424 g/mol. The molecule has 0 spiro atoms. The van der Waals surface area contributed by atoms with E-state index in [9.17, 15) is 17.6 Å². The summed E-state index contributed by atoms with van der Waals surface area (Å²) in [7, 11) is 0. The van der Waals surface area contributed by atoms with Crippen molar-refractivity contribution in [2.75, 3.05) is 0 Å². The van der Waals surface area contributed by atoms with Gasteiger partial charge in [-0.25, -0.2) is 4.39 Å². The van der Waals surface area contributed by atoms with Crippen LogP contribution in [-0.4, -0.2) is 12.3 Å². The maximum absolute atomic E-state index is 14.7. The van der Waals surface area contributed by atoms with E-state index in [1.54, 1.807) is 13.0 Å². The van der Waals surface area contributed by atoms with Crippen LogP contribution in [0.25, 0.3) is 0 Å². The zero-order valence-corrected chi connectivity index (χ0v) is 18.4. The Morgan fingerprint density at radius 2 is 1.53 bits per heavy atom. The molecule has 0 nitrogen and oxygen atoms in total. The minimum atomic E-state index is -4.44. The summed E-state index contributed by atoms with van der Waals surface area (Å²) in [5.41, 5.74) is 1.35. The topological polar surface area (TPSA) is 0 Å². The standard InChI is InChI=1S/C26H36F4/c1-3-4-17-5-7-18(8-6-17)19-9-11-20(12-10-19)22-15-21-13-16(2)14-23(27)24(21)25(22)26(28,29)30/h13-14,17-20,23-24H,3-12,15H2,1-2H3. The largest absolute Gasteiger partial charge is 0.413 e. The van der Waals surface area contributed by atoms with Gasteiger partial charge < -0.3 is 0 Å². The highest BCUT2D eigenvalue weighted by Crippen LogP contribution is 2.54. The minimum absolute atomic E-state index is 0.0201. The van der Waals surface area contributed by atoms with Crippen molar-refractivity contribution in [3.8, 4) is 0 Å². The van der Waals surface area contributed by atoms with Crippen LogP contribution in [-0.2, 0) is 0 Å². The van der Waals surface area contributed by atoms with Crippen molar-refractivity contribution in [2.45, 2.75) is 96.8 Å². The lowest BCUT2D eigenvalue weighted by Crippen LogP contribution is -2.29. The van der Waals surface area contributed by atoms with E-state index in [0.717, 1.165) is 43.1 Å². The number of fused-ring (bicyclic) bond motifs is 1. The molecule has 0 aromatic rings. The second-order valence-corrected chi connectivity index (χ2v) is 10.3. The van der Waals surface area contributed by atoms with E-state index in [0.29, 0.717) is 23.5 Å². The predicted molar refractivity (Wildman–Crippen MR) is 114 cm³/mol. The molecule has 30 heavy (non-hydrogen) atoms. The van der Waals surface area contributed by atoms with Crippen molar-refractivity contribution in [3.63, 3.8) is 0 Å². The molecule has 0 aromatic heterocycles. The number of hydrogen-bond donors (Lipinski definition) is 0. The van der Waals surface area contributed by atoms with E-state index in [4.69, 9.17) is 0 Å². The molecule has 2 atom stereocenters. The van der Waals surface area contributed by atoms with Crippen LogP contribution in [0, 0.1) is 29.6 Å². The molecule has 0 heterocycles. The van der Waals surface area contributed by atoms with Crippen molar-refractivity contribution < 1.29 is 17.6 Å². The van der Waals surface area contributed by atoms with E-state index in [2.05, 4.69) is 6.92 Å². The molecule has 2 saturated carbocycles. The first kappa shape index (κ1) is 22.1. The molecule has 0 amide bonds. The summed E-state index contributed by atoms with van der Waals surface area (Å²) in [6, 6.07) is 0. The Balaban J connectivity index is 1.43. The van der Waals surface area contributed by atoms with Crippen LogP contribution in [0.15, 0.2) is 34.4 Å². The quantitative estimate of drug-likeness (QED) is 0.313. The molecule has 0 aliphatic heterocycles. The number of rotatable bonds is 4. The van der Waals surface area contributed by atoms with Gasteiger partial charge in [0, 0.05) is 11.5 Å². The van der Waals surface area contributed by atoms with Gasteiger partial charge in [-0.05, 0) is 81.6 Å². The Hall–Kier alpha value is -1.06. The van der Waals surface area contributed by atoms with Crippen LogP contribution < -0.4 is 0 Å². The summed E-state index contributed by atoms with van der Waals surface area (Å²) >= 11 is 0. The molecule has 168 valence electrons. The van der Waals surface area contributed by atoms with Gasteiger partial charge in [0.05, 0.1) is 0 Å². The second-order valence-electron chi connectivity index (χ2n) is 10.3. The van der Waals surface area contributed by atoms with Gasteiger partial charge in [-0.15, -0.1) is 0 Å². The van der Waals surface area contributed by atoms with Gasteiger partial charge >= 0.3 is 6.18 Å². The molecule has 4 heteroatoms. The van der Waals surface area contributed by atoms with Gasteiger partial charge in [-0.3, -0.25) is 0 Å². The molecule has 0 saturated heterocycles. The fraction of sp³-hybridized carbons (Fsp3) is 0.769. The molecule has 2 fully saturated rings. The molecule has 4 aliphatic rings. The first-order valence-corrected chi connectivity index (χ1v) is 12.1. The molecule has 2 unspecified atom stereocenters. The van der Waals surface area contributed by atoms with Crippen molar-refractivity contribution in [2.24, 2.45) is 29.6 Å². The summed E-state index contributed by atoms with van der Waals surface area (Å²) in [4.78, 5) is 0. The Labute approximate surface area is 178 Å². The third-order valence-electron chi connectivity index (χ3n) is 8.43. The summed E-state index contributed by atoms with van der Waals surface area (Å²) < 4.78 is 56.7. The molecular formula is C26H36F4. The van der Waals surface area contributed by atoms with E-state index < -0.39 is 23.8 Å². The summed E-state index contributed by atoms with van der Waals surface area (Å²) in [6.07, 6.45) is 9.15. The number of allylic oxidation sites excluding steroid dienone is 6. The van der Waals surface area contributed by atoms with Crippen LogP contribution in [0.2, 0.25) is 0 Å². The fourth-order valence-electron chi connectivity index (χ4n) is 7.02. The van der Waals surface area contributed by atoms with Crippen molar-refractivity contribution in [1.29, 1.82) is 0 Å². The highest BCUT2D eigenvalue weighted by atomic mass is 19.4. The van der Waals surface area contributed by atoms with Gasteiger partial charge in [0.15, 0.2) is 0 Å². The Morgan fingerprint density at radius 3 is 2.10 bits per heavy atom. The van der Waals surface area contributed by atoms with E-state index >= 15 is 0 Å². The second kappa shape index (κ2) is 8.82. The van der Waals surface area contributed by atoms with Gasteiger partial charge in [-0.2, -0.15) is 13.2 Å². The normalized spacial score (nSPS) is 37.7. The Kier molecular flexibility index (Phi) is 6.51. The van der Waals surface area contributed by atoms with Gasteiger partial charge in [0.2, 0.25) is 0 Å². The van der Waals surface area contributed by atoms with Crippen LogP contribution in [0.1, 0.15) is 84.5 Å². The lowest BCUT2D eigenvalue weighted by molar-refractivity contribution is -0.0999. The molecular weight excluding hydrogens is 388 g/mol. The zero-order valence-electron chi connectivity index (χ0n) is 18.4. The van der Waals surface area contributed by atoms with Crippen LogP contribution >= 0.6 is 0 Å². The first-order valence-electron chi connectivity index (χ1n) is 12.1. The van der Waals surface area contributed by atoms with E-state index in [-0.39, 0.29) is 5.92 Å². The van der Waals surface area contributed by atoms with Crippen LogP contribution in [0.3, 0.4) is 0 Å². The van der Waals surface area contributed by atoms with Crippen molar-refractivity contribution in [1.82, 2.24) is 0 Å². The average molecular weight is 425 g/mol. The number of alkyl halides is 4. The van der Waals surface area contributed by atoms with Gasteiger partial charge in [-0.1, -0.05) is 55.4 Å². The fourth-order valence-corrected chi connectivity index (χ4v) is 7.02. The van der Waals surface area contributed by atoms with E-state index in [1.165, 1.54) is 44.6 Å². The third kappa shape index (κ3) is 4.43. The smallest absolute Gasteiger partial charge is 0.242 e. The Morgan fingerprint density at radius 1 is 0.933 bits per heavy atom. The SMILES string of the molecule is CCCC1CCC(C2CCC(C3=C(C(F)(F)F)C4C(=CC(C)=CC4F)C3)CC2)CC1. The lowest BCUT2D eigenvalue weighted by Gasteiger charge is -2.38. The molecule has 0 aromatic carbocycles. The summed E-state index contributed by atoms with van der Waals surface area (Å²) in [6.45, 7) is 4.04. The summed E-state index contributed by atoms with van der Waals surface area (Å²) in [5, 5.41) is 0. The number of halogens is 4. The van der Waals surface area contributed by atoms with Crippen molar-refractivity contribution in [3.05, 3.63) is 34.4 Å². The maximum atomic E-state index is 14.7. The van der Waals surface area contributed by atoms with Crippen molar-refractivity contribution >= 4 is 0 Å². The lowest BCUT2D eigenvalue weighted by atomic mass is 9.67. The highest BCUT2D eigenvalue weighted by molar-refractivity contribution is 5.48. The van der Waals surface area contributed by atoms with Crippen LogP contribution in [0.5, 0.6) is 0 Å². The van der Waals surface area contributed by atoms with Gasteiger partial charge in [0.25, 0.3) is 0 Å². The number of hydrogen-bond acceptors (Lipinski definition) is 0. The third-order valence-corrected chi connectivity index (χ3v) is 8.43. The van der Waals surface area contributed by atoms with Gasteiger partial charge in [0.1, 0.15) is 6.17 Å². The van der Waals surface area contributed by atoms with Crippen LogP contribution in [0.4, 0.5) is 17.6 Å². The molecule has 0 radical (unpaired) electrons. The maximum Gasteiger partial charge on any atom is 0.413 e. The molecule has 4 aliphatic carbocycles. The highest BCUT2D eigenvalue weighted by Gasteiger charge is 2.50. The minimum Gasteiger partial charge on any atom is -0.242 e. The summed E-state index contributed by atoms with van der Waals surface area (Å²) in [5.74, 6) is 1.22. The first-order chi connectivity index (χ1) is 14.3. The van der Waals surface area contributed by atoms with E-state index in [1.807, 2.05) is 0 Å². The average Bonchev–Trinajstić information content (AvgIpc) is 3.09. The Bertz CT molecular complexity index is 710. The predicted octanol–water partition coefficient (Wildman–Crippen LogP) is 8.50. The molecule has 0 bridgehead atoms.